The normalized spacial score (nSPS) is 20.9. The van der Waals surface area contributed by atoms with E-state index in [9.17, 15) is 9.90 Å². The van der Waals surface area contributed by atoms with Crippen LogP contribution in [-0.4, -0.2) is 52.1 Å². The molecule has 0 saturated carbocycles. The number of aromatic nitrogens is 3. The molecule has 2 aromatic heterocycles. The molecule has 2 aliphatic rings. The van der Waals surface area contributed by atoms with Gasteiger partial charge in [0.1, 0.15) is 6.23 Å². The van der Waals surface area contributed by atoms with E-state index in [0.29, 0.717) is 47.9 Å². The maximum atomic E-state index is 11.6. The molecular formula is C24H28Cl2N4O5. The first-order valence-corrected chi connectivity index (χ1v) is 12.7. The minimum atomic E-state index is -1.19. The van der Waals surface area contributed by atoms with E-state index in [1.165, 1.54) is 6.07 Å². The molecule has 1 aromatic carbocycles. The van der Waals surface area contributed by atoms with Gasteiger partial charge in [0.05, 0.1) is 34.1 Å². The number of rotatable bonds is 7. The van der Waals surface area contributed by atoms with Crippen molar-refractivity contribution in [1.82, 2.24) is 14.8 Å². The third-order valence-corrected chi connectivity index (χ3v) is 7.21. The average molecular weight is 523 g/mol. The molecule has 4 heterocycles. The minimum Gasteiger partial charge on any atom is -0.465 e. The molecule has 0 aliphatic carbocycles. The fourth-order valence-corrected chi connectivity index (χ4v) is 5.18. The SMILES string of the molecule is O=C(O)Nc1cc(Cl)c(Cl)c2[nH]c(CCOC3CCCCO3)c(-c3cnn(C4CCCCO4)c3)c12. The Morgan fingerprint density at radius 1 is 1.23 bits per heavy atom. The molecule has 3 N–H and O–H groups in total. The molecule has 2 unspecified atom stereocenters. The summed E-state index contributed by atoms with van der Waals surface area (Å²) in [5.74, 6) is 0. The molecule has 0 radical (unpaired) electrons. The van der Waals surface area contributed by atoms with Gasteiger partial charge in [0.25, 0.3) is 0 Å². The van der Waals surface area contributed by atoms with E-state index < -0.39 is 6.09 Å². The fourth-order valence-electron chi connectivity index (χ4n) is 4.78. The average Bonchev–Trinajstić information content (AvgIpc) is 3.49. The van der Waals surface area contributed by atoms with E-state index >= 15 is 0 Å². The van der Waals surface area contributed by atoms with Gasteiger partial charge in [-0.2, -0.15) is 5.10 Å². The first kappa shape index (κ1) is 24.4. The molecule has 2 saturated heterocycles. The van der Waals surface area contributed by atoms with Crippen LogP contribution in [0.4, 0.5) is 10.5 Å². The number of H-pyrrole nitrogens is 1. The van der Waals surface area contributed by atoms with Crippen LogP contribution in [0.5, 0.6) is 0 Å². The number of hydrogen-bond donors (Lipinski definition) is 3. The first-order chi connectivity index (χ1) is 17.0. The number of hydrogen-bond acceptors (Lipinski definition) is 5. The van der Waals surface area contributed by atoms with Crippen LogP contribution in [0.25, 0.3) is 22.0 Å². The van der Waals surface area contributed by atoms with Crippen LogP contribution < -0.4 is 5.32 Å². The summed E-state index contributed by atoms with van der Waals surface area (Å²) in [5, 5.41) is 17.7. The van der Waals surface area contributed by atoms with Gasteiger partial charge in [0.15, 0.2) is 6.29 Å². The molecule has 5 rings (SSSR count). The van der Waals surface area contributed by atoms with Crippen LogP contribution in [0.15, 0.2) is 18.5 Å². The molecule has 1 amide bonds. The summed E-state index contributed by atoms with van der Waals surface area (Å²) in [6.07, 6.45) is 8.76. The van der Waals surface area contributed by atoms with Crippen LogP contribution in [0.1, 0.15) is 50.4 Å². The molecule has 0 bridgehead atoms. The summed E-state index contributed by atoms with van der Waals surface area (Å²) < 4.78 is 19.4. The Bertz CT molecular complexity index is 1200. The van der Waals surface area contributed by atoms with Gasteiger partial charge in [0.2, 0.25) is 0 Å². The Morgan fingerprint density at radius 2 is 2.03 bits per heavy atom. The van der Waals surface area contributed by atoms with E-state index in [1.807, 2.05) is 10.9 Å². The van der Waals surface area contributed by atoms with Gasteiger partial charge in [-0.15, -0.1) is 0 Å². The van der Waals surface area contributed by atoms with Gasteiger partial charge in [-0.1, -0.05) is 23.2 Å². The van der Waals surface area contributed by atoms with Crippen LogP contribution in [0, 0.1) is 0 Å². The number of anilines is 1. The van der Waals surface area contributed by atoms with Crippen molar-refractivity contribution >= 4 is 45.9 Å². The molecule has 188 valence electrons. The number of benzene rings is 1. The number of halogens is 2. The number of amides is 1. The Hall–Kier alpha value is -2.30. The second kappa shape index (κ2) is 10.8. The van der Waals surface area contributed by atoms with Crippen LogP contribution >= 0.6 is 23.2 Å². The quantitative estimate of drug-likeness (QED) is 0.340. The van der Waals surface area contributed by atoms with Gasteiger partial charge in [-0.25, -0.2) is 9.48 Å². The predicted octanol–water partition coefficient (Wildman–Crippen LogP) is 6.21. The Labute approximate surface area is 212 Å². The Kier molecular flexibility index (Phi) is 7.50. The highest BCUT2D eigenvalue weighted by Crippen LogP contribution is 2.43. The van der Waals surface area contributed by atoms with Crippen molar-refractivity contribution in [3.05, 3.63) is 34.2 Å². The summed E-state index contributed by atoms with van der Waals surface area (Å²) in [7, 11) is 0. The maximum absolute atomic E-state index is 11.6. The number of nitrogens with one attached hydrogen (secondary N) is 2. The number of aromatic amines is 1. The van der Waals surface area contributed by atoms with Crippen molar-refractivity contribution in [3.63, 3.8) is 0 Å². The highest BCUT2D eigenvalue weighted by atomic mass is 35.5. The van der Waals surface area contributed by atoms with Gasteiger partial charge in [-0.3, -0.25) is 5.32 Å². The van der Waals surface area contributed by atoms with E-state index in [0.717, 1.165) is 55.3 Å². The lowest BCUT2D eigenvalue weighted by molar-refractivity contribution is -0.161. The molecule has 11 heteroatoms. The van der Waals surface area contributed by atoms with E-state index in [2.05, 4.69) is 15.4 Å². The summed E-state index contributed by atoms with van der Waals surface area (Å²) in [6.45, 7) is 1.85. The lowest BCUT2D eigenvalue weighted by atomic mass is 10.0. The third-order valence-electron chi connectivity index (χ3n) is 6.42. The van der Waals surface area contributed by atoms with Crippen molar-refractivity contribution in [2.45, 2.75) is 57.5 Å². The third kappa shape index (κ3) is 5.29. The smallest absolute Gasteiger partial charge is 0.409 e. The minimum absolute atomic E-state index is 0.118. The number of fused-ring (bicyclic) bond motifs is 1. The number of ether oxygens (including phenoxy) is 3. The van der Waals surface area contributed by atoms with E-state index in [1.54, 1.807) is 6.20 Å². The van der Waals surface area contributed by atoms with Gasteiger partial charge in [-0.05, 0) is 44.6 Å². The molecule has 2 aliphatic heterocycles. The summed E-state index contributed by atoms with van der Waals surface area (Å²) >= 11 is 12.9. The van der Waals surface area contributed by atoms with Crippen LogP contribution in [-0.2, 0) is 20.6 Å². The highest BCUT2D eigenvalue weighted by molar-refractivity contribution is 6.46. The fraction of sp³-hybridized carbons (Fsp3) is 0.500. The highest BCUT2D eigenvalue weighted by Gasteiger charge is 2.24. The van der Waals surface area contributed by atoms with Crippen molar-refractivity contribution in [1.29, 1.82) is 0 Å². The second-order valence-corrected chi connectivity index (χ2v) is 9.61. The van der Waals surface area contributed by atoms with E-state index in [-0.39, 0.29) is 17.5 Å². The van der Waals surface area contributed by atoms with Gasteiger partial charge < -0.3 is 24.3 Å². The summed E-state index contributed by atoms with van der Waals surface area (Å²) in [5.41, 5.74) is 3.37. The van der Waals surface area contributed by atoms with Crippen molar-refractivity contribution in [3.8, 4) is 11.1 Å². The first-order valence-electron chi connectivity index (χ1n) is 11.9. The largest absolute Gasteiger partial charge is 0.465 e. The zero-order valence-corrected chi connectivity index (χ0v) is 20.7. The molecule has 9 nitrogen and oxygen atoms in total. The lowest BCUT2D eigenvalue weighted by Gasteiger charge is -2.22. The standard InChI is InChI=1S/C24H28Cl2N4O5/c25-15-11-17(29-24(31)32)21-20(14-12-27-30(13-14)18-5-1-3-8-33-18)16(28-23(21)22(15)26)7-10-35-19-6-2-4-9-34-19/h11-13,18-19,28-29H,1-10H2,(H,31,32). The summed E-state index contributed by atoms with van der Waals surface area (Å²) in [6, 6.07) is 1.53. The van der Waals surface area contributed by atoms with Crippen LogP contribution in [0.2, 0.25) is 10.0 Å². The lowest BCUT2D eigenvalue weighted by Crippen LogP contribution is -2.23. The van der Waals surface area contributed by atoms with Crippen molar-refractivity contribution < 1.29 is 24.1 Å². The molecule has 2 fully saturated rings. The van der Waals surface area contributed by atoms with Gasteiger partial charge >= 0.3 is 6.09 Å². The van der Waals surface area contributed by atoms with Gasteiger partial charge in [0, 0.05) is 48.0 Å². The molecule has 35 heavy (non-hydrogen) atoms. The van der Waals surface area contributed by atoms with Crippen molar-refractivity contribution in [2.75, 3.05) is 25.1 Å². The predicted molar refractivity (Wildman–Crippen MR) is 133 cm³/mol. The Balaban J connectivity index is 1.54. The monoisotopic (exact) mass is 522 g/mol. The van der Waals surface area contributed by atoms with Crippen LogP contribution in [0.3, 0.4) is 0 Å². The molecule has 0 spiro atoms. The molecule has 2 atom stereocenters. The zero-order chi connectivity index (χ0) is 24.4. The maximum Gasteiger partial charge on any atom is 0.409 e. The molecule has 3 aromatic rings. The molecular weight excluding hydrogens is 495 g/mol. The summed E-state index contributed by atoms with van der Waals surface area (Å²) in [4.78, 5) is 14.9. The Morgan fingerprint density at radius 3 is 2.74 bits per heavy atom. The van der Waals surface area contributed by atoms with Crippen molar-refractivity contribution in [2.24, 2.45) is 0 Å². The number of nitrogens with zero attached hydrogens (tertiary/aromatic N) is 2. The van der Waals surface area contributed by atoms with E-state index in [4.69, 9.17) is 37.4 Å². The number of carboxylic acid groups (broad SMARTS) is 1. The second-order valence-electron chi connectivity index (χ2n) is 8.83. The zero-order valence-electron chi connectivity index (χ0n) is 19.2. The topological polar surface area (TPSA) is 111 Å². The number of carbonyl (C=O) groups is 1.